The molecule has 1 N–H and O–H groups in total. The number of anilines is 1. The first-order valence-electron chi connectivity index (χ1n) is 7.82. The van der Waals surface area contributed by atoms with Gasteiger partial charge in [0.25, 0.3) is 0 Å². The van der Waals surface area contributed by atoms with Gasteiger partial charge in [0.2, 0.25) is 5.91 Å². The molecule has 2 aromatic rings. The molecule has 2 rings (SSSR count). The number of carbonyl (C=O) groups excluding carboxylic acids is 1. The zero-order chi connectivity index (χ0) is 18.7. The van der Waals surface area contributed by atoms with E-state index in [0.29, 0.717) is 11.3 Å². The molecule has 2 nitrogen and oxygen atoms in total. The first kappa shape index (κ1) is 18.8. The summed E-state index contributed by atoms with van der Waals surface area (Å²) < 4.78 is 37.5. The molecule has 0 heterocycles. The quantitative estimate of drug-likeness (QED) is 0.714. The summed E-state index contributed by atoms with van der Waals surface area (Å²) in [6.07, 6.45) is -1.60. The molecule has 0 radical (unpaired) electrons. The summed E-state index contributed by atoms with van der Waals surface area (Å²) in [5, 5.41) is 2.72. The van der Waals surface area contributed by atoms with Crippen molar-refractivity contribution in [2.75, 3.05) is 5.32 Å². The third kappa shape index (κ3) is 5.48. The van der Waals surface area contributed by atoms with Crippen LogP contribution < -0.4 is 5.32 Å². The SMILES string of the molecule is CC(C)(C)c1ccc(NC(=O)/C=C/c2ccc(C(F)(F)F)cc2)cc1. The second-order valence-corrected chi connectivity index (χ2v) is 6.77. The standard InChI is InChI=1S/C20H20F3NO/c1-19(2,3)15-9-11-17(12-10-15)24-18(25)13-6-14-4-7-16(8-5-14)20(21,22)23/h4-13H,1-3H3,(H,24,25)/b13-6+. The molecule has 0 aromatic heterocycles. The predicted molar refractivity (Wildman–Crippen MR) is 94.2 cm³/mol. The highest BCUT2D eigenvalue weighted by Gasteiger charge is 2.29. The van der Waals surface area contributed by atoms with Crippen molar-refractivity contribution in [3.05, 3.63) is 71.3 Å². The molecule has 0 spiro atoms. The van der Waals surface area contributed by atoms with Crippen molar-refractivity contribution in [1.82, 2.24) is 0 Å². The summed E-state index contributed by atoms with van der Waals surface area (Å²) in [7, 11) is 0. The monoisotopic (exact) mass is 347 g/mol. The zero-order valence-corrected chi connectivity index (χ0v) is 14.3. The van der Waals surface area contributed by atoms with Crippen LogP contribution in [0.4, 0.5) is 18.9 Å². The Kier molecular flexibility index (Phi) is 5.36. The lowest BCUT2D eigenvalue weighted by Crippen LogP contribution is -2.12. The van der Waals surface area contributed by atoms with Gasteiger partial charge in [0.05, 0.1) is 5.56 Å². The van der Waals surface area contributed by atoms with E-state index in [1.807, 2.05) is 24.3 Å². The fourth-order valence-electron chi connectivity index (χ4n) is 2.19. The van der Waals surface area contributed by atoms with E-state index in [-0.39, 0.29) is 11.3 Å². The van der Waals surface area contributed by atoms with E-state index in [1.165, 1.54) is 24.3 Å². The van der Waals surface area contributed by atoms with Gasteiger partial charge in [0.15, 0.2) is 0 Å². The Bertz CT molecular complexity index is 752. The number of amides is 1. The second-order valence-electron chi connectivity index (χ2n) is 6.77. The molecule has 2 aromatic carbocycles. The van der Waals surface area contributed by atoms with Gasteiger partial charge in [-0.05, 0) is 46.9 Å². The molecule has 0 fully saturated rings. The summed E-state index contributed by atoms with van der Waals surface area (Å²) >= 11 is 0. The number of benzene rings is 2. The largest absolute Gasteiger partial charge is 0.416 e. The Morgan fingerprint density at radius 2 is 1.40 bits per heavy atom. The van der Waals surface area contributed by atoms with Crippen LogP contribution in [0.1, 0.15) is 37.5 Å². The first-order chi connectivity index (χ1) is 11.6. The summed E-state index contributed by atoms with van der Waals surface area (Å²) in [6.45, 7) is 6.31. The minimum atomic E-state index is -4.36. The molecular weight excluding hydrogens is 327 g/mol. The first-order valence-corrected chi connectivity index (χ1v) is 7.82. The molecule has 0 aliphatic heterocycles. The average molecular weight is 347 g/mol. The molecule has 25 heavy (non-hydrogen) atoms. The summed E-state index contributed by atoms with van der Waals surface area (Å²) in [5.74, 6) is -0.344. The van der Waals surface area contributed by atoms with E-state index in [1.54, 1.807) is 0 Å². The summed E-state index contributed by atoms with van der Waals surface area (Å²) in [5.41, 5.74) is 1.66. The van der Waals surface area contributed by atoms with E-state index >= 15 is 0 Å². The normalized spacial score (nSPS) is 12.4. The lowest BCUT2D eigenvalue weighted by Gasteiger charge is -2.19. The van der Waals surface area contributed by atoms with Crippen molar-refractivity contribution < 1.29 is 18.0 Å². The van der Waals surface area contributed by atoms with Gasteiger partial charge in [-0.25, -0.2) is 0 Å². The van der Waals surface area contributed by atoms with Crippen LogP contribution in [0, 0.1) is 0 Å². The van der Waals surface area contributed by atoms with Crippen LogP contribution in [0.25, 0.3) is 6.08 Å². The number of alkyl halides is 3. The Balaban J connectivity index is 1.99. The Morgan fingerprint density at radius 3 is 1.88 bits per heavy atom. The molecule has 0 atom stereocenters. The maximum Gasteiger partial charge on any atom is 0.416 e. The molecule has 0 saturated heterocycles. The average Bonchev–Trinajstić information content (AvgIpc) is 2.52. The van der Waals surface area contributed by atoms with Gasteiger partial charge in [0, 0.05) is 11.8 Å². The predicted octanol–water partition coefficient (Wildman–Crippen LogP) is 5.65. The minimum absolute atomic E-state index is 0.0328. The van der Waals surface area contributed by atoms with Crippen LogP contribution in [0.3, 0.4) is 0 Å². The van der Waals surface area contributed by atoms with Crippen molar-refractivity contribution in [3.63, 3.8) is 0 Å². The molecule has 0 aliphatic carbocycles. The van der Waals surface area contributed by atoms with Gasteiger partial charge in [-0.3, -0.25) is 4.79 Å². The van der Waals surface area contributed by atoms with Gasteiger partial charge in [0.1, 0.15) is 0 Å². The minimum Gasteiger partial charge on any atom is -0.323 e. The Morgan fingerprint density at radius 1 is 0.880 bits per heavy atom. The second kappa shape index (κ2) is 7.13. The molecule has 0 bridgehead atoms. The van der Waals surface area contributed by atoms with E-state index in [4.69, 9.17) is 0 Å². The maximum atomic E-state index is 12.5. The highest BCUT2D eigenvalue weighted by atomic mass is 19.4. The number of hydrogen-bond acceptors (Lipinski definition) is 1. The fraction of sp³-hybridized carbons (Fsp3) is 0.250. The fourth-order valence-corrected chi connectivity index (χ4v) is 2.19. The maximum absolute atomic E-state index is 12.5. The van der Waals surface area contributed by atoms with Crippen LogP contribution in [-0.4, -0.2) is 5.91 Å². The van der Waals surface area contributed by atoms with Crippen molar-refractivity contribution in [1.29, 1.82) is 0 Å². The van der Waals surface area contributed by atoms with E-state index < -0.39 is 11.7 Å². The summed E-state index contributed by atoms with van der Waals surface area (Å²) in [6, 6.07) is 12.2. The van der Waals surface area contributed by atoms with Gasteiger partial charge < -0.3 is 5.32 Å². The summed E-state index contributed by atoms with van der Waals surface area (Å²) in [4.78, 5) is 11.9. The molecule has 0 unspecified atom stereocenters. The van der Waals surface area contributed by atoms with Crippen molar-refractivity contribution in [2.45, 2.75) is 32.4 Å². The Labute approximate surface area is 145 Å². The molecule has 1 amide bonds. The number of rotatable bonds is 3. The molecule has 0 saturated carbocycles. The van der Waals surface area contributed by atoms with Gasteiger partial charge >= 0.3 is 6.18 Å². The number of halogens is 3. The smallest absolute Gasteiger partial charge is 0.323 e. The number of nitrogens with one attached hydrogen (secondary N) is 1. The molecule has 0 aliphatic rings. The van der Waals surface area contributed by atoms with Crippen LogP contribution >= 0.6 is 0 Å². The van der Waals surface area contributed by atoms with E-state index in [9.17, 15) is 18.0 Å². The van der Waals surface area contributed by atoms with Crippen molar-refractivity contribution in [2.24, 2.45) is 0 Å². The van der Waals surface area contributed by atoms with Crippen LogP contribution in [0.5, 0.6) is 0 Å². The van der Waals surface area contributed by atoms with Crippen LogP contribution in [0.2, 0.25) is 0 Å². The lowest BCUT2D eigenvalue weighted by atomic mass is 9.87. The third-order valence-corrected chi connectivity index (χ3v) is 3.68. The highest BCUT2D eigenvalue weighted by molar-refractivity contribution is 6.01. The zero-order valence-electron chi connectivity index (χ0n) is 14.3. The van der Waals surface area contributed by atoms with Crippen molar-refractivity contribution in [3.8, 4) is 0 Å². The van der Waals surface area contributed by atoms with E-state index in [0.717, 1.165) is 17.7 Å². The lowest BCUT2D eigenvalue weighted by molar-refractivity contribution is -0.137. The van der Waals surface area contributed by atoms with Crippen molar-refractivity contribution >= 4 is 17.7 Å². The number of hydrogen-bond donors (Lipinski definition) is 1. The van der Waals surface area contributed by atoms with Gasteiger partial charge in [-0.1, -0.05) is 45.0 Å². The van der Waals surface area contributed by atoms with Crippen LogP contribution in [0.15, 0.2) is 54.6 Å². The van der Waals surface area contributed by atoms with Crippen LogP contribution in [-0.2, 0) is 16.4 Å². The highest BCUT2D eigenvalue weighted by Crippen LogP contribution is 2.29. The third-order valence-electron chi connectivity index (χ3n) is 3.68. The molecular formula is C20H20F3NO. The molecule has 5 heteroatoms. The van der Waals surface area contributed by atoms with Gasteiger partial charge in [-0.2, -0.15) is 13.2 Å². The topological polar surface area (TPSA) is 29.1 Å². The van der Waals surface area contributed by atoms with Gasteiger partial charge in [-0.15, -0.1) is 0 Å². The number of carbonyl (C=O) groups is 1. The van der Waals surface area contributed by atoms with E-state index in [2.05, 4.69) is 26.1 Å². The molecule has 132 valence electrons. The Hall–Kier alpha value is -2.56.